The third-order valence-corrected chi connectivity index (χ3v) is 5.78. The van der Waals surface area contributed by atoms with Crippen LogP contribution < -0.4 is 4.74 Å². The smallest absolute Gasteiger partial charge is 0.119 e. The van der Waals surface area contributed by atoms with Crippen LogP contribution in [0.5, 0.6) is 5.75 Å². The van der Waals surface area contributed by atoms with Crippen LogP contribution in [-0.4, -0.2) is 31.1 Å². The van der Waals surface area contributed by atoms with Crippen molar-refractivity contribution in [3.8, 4) is 5.75 Å². The summed E-state index contributed by atoms with van der Waals surface area (Å²) in [5.74, 6) is 0.959. The zero-order valence-electron chi connectivity index (χ0n) is 21.0. The van der Waals surface area contributed by atoms with Gasteiger partial charge < -0.3 is 9.64 Å². The van der Waals surface area contributed by atoms with Gasteiger partial charge in [0.2, 0.25) is 0 Å². The first-order valence-electron chi connectivity index (χ1n) is 12.3. The molecule has 2 heteroatoms. The van der Waals surface area contributed by atoms with Gasteiger partial charge in [0.25, 0.3) is 0 Å². The highest BCUT2D eigenvalue weighted by Crippen LogP contribution is 2.28. The molecule has 31 heavy (non-hydrogen) atoms. The predicted molar refractivity (Wildman–Crippen MR) is 139 cm³/mol. The lowest BCUT2D eigenvalue weighted by Gasteiger charge is -2.22. The third-order valence-electron chi connectivity index (χ3n) is 5.78. The number of rotatable bonds is 17. The Labute approximate surface area is 193 Å². The molecule has 0 saturated carbocycles. The van der Waals surface area contributed by atoms with Gasteiger partial charge in [0.1, 0.15) is 5.75 Å². The largest absolute Gasteiger partial charge is 0.494 e. The number of hydrogen-bond donors (Lipinski definition) is 0. The van der Waals surface area contributed by atoms with E-state index in [9.17, 15) is 0 Å². The molecule has 1 aromatic rings. The first-order valence-corrected chi connectivity index (χ1v) is 12.3. The maximum absolute atomic E-state index is 5.99. The molecule has 0 bridgehead atoms. The summed E-state index contributed by atoms with van der Waals surface area (Å²) < 4.78 is 5.99. The van der Waals surface area contributed by atoms with Crippen LogP contribution in [0.4, 0.5) is 0 Å². The zero-order chi connectivity index (χ0) is 23.0. The molecule has 1 aromatic carbocycles. The van der Waals surface area contributed by atoms with Crippen molar-refractivity contribution < 1.29 is 4.74 Å². The molecule has 0 spiro atoms. The summed E-state index contributed by atoms with van der Waals surface area (Å²) in [5, 5.41) is 0. The molecule has 0 heterocycles. The Bertz CT molecular complexity index is 646. The van der Waals surface area contributed by atoms with Crippen LogP contribution in [0, 0.1) is 5.41 Å². The first kappa shape index (κ1) is 27.2. The van der Waals surface area contributed by atoms with Gasteiger partial charge in [0.05, 0.1) is 6.61 Å². The van der Waals surface area contributed by atoms with Gasteiger partial charge in [0, 0.05) is 12.0 Å². The van der Waals surface area contributed by atoms with Gasteiger partial charge in [0.15, 0.2) is 0 Å². The maximum atomic E-state index is 5.99. The Balaban J connectivity index is 2.47. The van der Waals surface area contributed by atoms with Crippen molar-refractivity contribution in [2.24, 2.45) is 5.41 Å². The summed E-state index contributed by atoms with van der Waals surface area (Å²) in [7, 11) is 0. The number of benzene rings is 1. The number of allylic oxidation sites excluding steroid dienone is 4. The lowest BCUT2D eigenvalue weighted by Crippen LogP contribution is -2.28. The minimum Gasteiger partial charge on any atom is -0.494 e. The van der Waals surface area contributed by atoms with Gasteiger partial charge >= 0.3 is 0 Å². The SMILES string of the molecule is C=CC(C)(/C=C/c1ccc(OCCCN(CCCC)CCCC)cc1)CCC=C(C)C. The lowest BCUT2D eigenvalue weighted by molar-refractivity contribution is 0.229. The van der Waals surface area contributed by atoms with Gasteiger partial charge in [-0.1, -0.05) is 75.6 Å². The Morgan fingerprint density at radius 1 is 1.00 bits per heavy atom. The maximum Gasteiger partial charge on any atom is 0.119 e. The van der Waals surface area contributed by atoms with Crippen molar-refractivity contribution in [1.82, 2.24) is 4.90 Å². The van der Waals surface area contributed by atoms with Gasteiger partial charge in [-0.3, -0.25) is 0 Å². The monoisotopic (exact) mass is 425 g/mol. The predicted octanol–water partition coefficient (Wildman–Crippen LogP) is 8.31. The molecule has 0 saturated heterocycles. The molecule has 0 aliphatic carbocycles. The van der Waals surface area contributed by atoms with Crippen molar-refractivity contribution in [3.63, 3.8) is 0 Å². The topological polar surface area (TPSA) is 12.5 Å². The highest BCUT2D eigenvalue weighted by atomic mass is 16.5. The van der Waals surface area contributed by atoms with Crippen LogP contribution in [0.1, 0.15) is 85.1 Å². The van der Waals surface area contributed by atoms with Crippen LogP contribution >= 0.6 is 0 Å². The van der Waals surface area contributed by atoms with E-state index in [4.69, 9.17) is 4.74 Å². The number of nitrogens with zero attached hydrogens (tertiary/aromatic N) is 1. The minimum atomic E-state index is 0.0164. The van der Waals surface area contributed by atoms with E-state index in [1.807, 2.05) is 0 Å². The summed E-state index contributed by atoms with van der Waals surface area (Å²) >= 11 is 0. The summed E-state index contributed by atoms with van der Waals surface area (Å²) in [6.07, 6.45) is 17.2. The van der Waals surface area contributed by atoms with Crippen LogP contribution in [0.25, 0.3) is 6.08 Å². The van der Waals surface area contributed by atoms with E-state index in [2.05, 4.69) is 94.7 Å². The average molecular weight is 426 g/mol. The molecule has 0 fully saturated rings. The Morgan fingerprint density at radius 3 is 2.16 bits per heavy atom. The van der Waals surface area contributed by atoms with Crippen molar-refractivity contribution in [2.45, 2.75) is 79.6 Å². The quantitative estimate of drug-likeness (QED) is 0.184. The molecule has 1 atom stereocenters. The summed E-state index contributed by atoms with van der Waals surface area (Å²) in [6.45, 7) is 19.5. The van der Waals surface area contributed by atoms with Crippen molar-refractivity contribution in [1.29, 1.82) is 0 Å². The summed E-state index contributed by atoms with van der Waals surface area (Å²) in [6, 6.07) is 8.44. The molecular formula is C29H47NO. The van der Waals surface area contributed by atoms with E-state index in [1.54, 1.807) is 0 Å². The fraction of sp³-hybridized carbons (Fsp3) is 0.586. The standard InChI is InChI=1S/C29H47NO/c1-7-10-22-30(23-11-8-2)24-13-25-31-28-17-15-27(16-18-28)19-21-29(6,9-3)20-12-14-26(4)5/h9,14-19,21H,3,7-8,10-13,20,22-25H2,1-2,4-6H3/b21-19+. The second kappa shape index (κ2) is 15.9. The van der Waals surface area contributed by atoms with Crippen LogP contribution in [0.15, 0.2) is 54.6 Å². The fourth-order valence-corrected chi connectivity index (χ4v) is 3.46. The first-order chi connectivity index (χ1) is 14.9. The van der Waals surface area contributed by atoms with E-state index >= 15 is 0 Å². The van der Waals surface area contributed by atoms with Crippen LogP contribution in [-0.2, 0) is 0 Å². The minimum absolute atomic E-state index is 0.0164. The van der Waals surface area contributed by atoms with E-state index in [1.165, 1.54) is 49.9 Å². The van der Waals surface area contributed by atoms with Gasteiger partial charge in [-0.05, 0) is 76.7 Å². The van der Waals surface area contributed by atoms with Crippen LogP contribution in [0.3, 0.4) is 0 Å². The second-order valence-corrected chi connectivity index (χ2v) is 9.18. The Hall–Kier alpha value is -1.80. The summed E-state index contributed by atoms with van der Waals surface area (Å²) in [4.78, 5) is 2.60. The van der Waals surface area contributed by atoms with Crippen molar-refractivity contribution in [2.75, 3.05) is 26.2 Å². The Morgan fingerprint density at radius 2 is 1.61 bits per heavy atom. The molecule has 0 N–H and O–H groups in total. The molecular weight excluding hydrogens is 378 g/mol. The highest BCUT2D eigenvalue weighted by Gasteiger charge is 2.15. The third kappa shape index (κ3) is 12.6. The molecule has 1 rings (SSSR count). The van der Waals surface area contributed by atoms with Gasteiger partial charge in [-0.2, -0.15) is 0 Å². The normalized spacial score (nSPS) is 13.4. The lowest BCUT2D eigenvalue weighted by atomic mass is 9.84. The molecule has 2 nitrogen and oxygen atoms in total. The summed E-state index contributed by atoms with van der Waals surface area (Å²) in [5.41, 5.74) is 2.59. The van der Waals surface area contributed by atoms with E-state index in [-0.39, 0.29) is 5.41 Å². The van der Waals surface area contributed by atoms with Gasteiger partial charge in [-0.25, -0.2) is 0 Å². The van der Waals surface area contributed by atoms with Crippen molar-refractivity contribution in [3.05, 3.63) is 60.2 Å². The molecule has 0 amide bonds. The number of hydrogen-bond acceptors (Lipinski definition) is 2. The molecule has 0 aliphatic heterocycles. The molecule has 1 unspecified atom stereocenters. The van der Waals surface area contributed by atoms with E-state index in [0.29, 0.717) is 0 Å². The van der Waals surface area contributed by atoms with E-state index in [0.717, 1.165) is 38.2 Å². The Kier molecular flexibility index (Phi) is 14.0. The number of ether oxygens (including phenoxy) is 1. The molecule has 0 aromatic heterocycles. The zero-order valence-corrected chi connectivity index (χ0v) is 21.0. The molecule has 0 radical (unpaired) electrons. The average Bonchev–Trinajstić information content (AvgIpc) is 2.77. The van der Waals surface area contributed by atoms with E-state index < -0.39 is 0 Å². The van der Waals surface area contributed by atoms with Gasteiger partial charge in [-0.15, -0.1) is 6.58 Å². The van der Waals surface area contributed by atoms with Crippen molar-refractivity contribution >= 4 is 6.08 Å². The fourth-order valence-electron chi connectivity index (χ4n) is 3.46. The molecule has 0 aliphatic rings. The second-order valence-electron chi connectivity index (χ2n) is 9.18. The molecule has 174 valence electrons. The van der Waals surface area contributed by atoms with Crippen LogP contribution in [0.2, 0.25) is 0 Å². The highest BCUT2D eigenvalue weighted by molar-refractivity contribution is 5.52. The number of unbranched alkanes of at least 4 members (excludes halogenated alkanes) is 2.